The summed E-state index contributed by atoms with van der Waals surface area (Å²) in [6.45, 7) is 3.46. The predicted molar refractivity (Wildman–Crippen MR) is 207 cm³/mol. The second-order valence-corrected chi connectivity index (χ2v) is 13.8. The summed E-state index contributed by atoms with van der Waals surface area (Å²) in [5.41, 5.74) is 2.21. The number of esters is 1. The largest absolute Gasteiger partial charge is 0.465 e. The van der Waals surface area contributed by atoms with Crippen LogP contribution in [0, 0.1) is 12.7 Å². The molecule has 1 heterocycles. The molecule has 4 N–H and O–H groups in total. The molecule has 0 aliphatic carbocycles. The minimum atomic E-state index is -0.690. The zero-order chi connectivity index (χ0) is 37.9. The third kappa shape index (κ3) is 10.1. The SMILES string of the molecule is CCC(Sc1cccc(NC(=O)/C(=C\c2ccc(F)cc2)NC(=O)c2ccccc2)c1)C(=O)Nc1sc(C(=O)Nc2ccccc2)c(C)c1C(=O)OC. The number of hydrogen-bond acceptors (Lipinski definition) is 8. The molecule has 53 heavy (non-hydrogen) atoms. The van der Waals surface area contributed by atoms with Gasteiger partial charge in [-0.15, -0.1) is 23.1 Å². The van der Waals surface area contributed by atoms with Gasteiger partial charge in [-0.05, 0) is 85.1 Å². The second kappa shape index (κ2) is 17.9. The Balaban J connectivity index is 1.32. The number of thioether (sulfide) groups is 1. The van der Waals surface area contributed by atoms with Crippen LogP contribution in [0.4, 0.5) is 20.8 Å². The highest BCUT2D eigenvalue weighted by Gasteiger charge is 2.28. The summed E-state index contributed by atoms with van der Waals surface area (Å²) in [7, 11) is 1.23. The molecule has 5 rings (SSSR count). The molecular formula is C40H35FN4O6S2. The Hall–Kier alpha value is -6.05. The molecule has 0 radical (unpaired) electrons. The molecule has 13 heteroatoms. The molecule has 0 aliphatic rings. The standard InChI is InChI=1S/C40H35FN4O6S2/c1-4-32(37(48)45-39-33(40(50)51-3)24(2)34(53-39)38(49)42-28-14-9-6-10-15-28)52-30-17-11-16-29(23-30)43-36(47)31(22-25-18-20-27(41)21-19-25)44-35(46)26-12-7-5-8-13-26/h5-23,32H,4H2,1-3H3,(H,42,49)(H,43,47)(H,44,46)(H,45,48)/b31-22+. The average Bonchev–Trinajstić information content (AvgIpc) is 3.49. The molecule has 0 saturated heterocycles. The van der Waals surface area contributed by atoms with E-state index in [0.29, 0.717) is 39.4 Å². The van der Waals surface area contributed by atoms with E-state index in [2.05, 4.69) is 21.3 Å². The van der Waals surface area contributed by atoms with Gasteiger partial charge < -0.3 is 26.0 Å². The summed E-state index contributed by atoms with van der Waals surface area (Å²) >= 11 is 2.22. The first-order chi connectivity index (χ1) is 25.6. The maximum absolute atomic E-state index is 13.6. The van der Waals surface area contributed by atoms with Crippen LogP contribution in [0.2, 0.25) is 0 Å². The Morgan fingerprint density at radius 1 is 0.811 bits per heavy atom. The highest BCUT2D eigenvalue weighted by Crippen LogP contribution is 2.36. The number of ether oxygens (including phenoxy) is 1. The topological polar surface area (TPSA) is 143 Å². The van der Waals surface area contributed by atoms with Gasteiger partial charge in [0, 0.05) is 21.8 Å². The number of carbonyl (C=O) groups is 5. The van der Waals surface area contributed by atoms with Crippen molar-refractivity contribution in [3.63, 3.8) is 0 Å². The number of para-hydroxylation sites is 1. The molecule has 4 aromatic carbocycles. The summed E-state index contributed by atoms with van der Waals surface area (Å²) in [6, 6.07) is 29.6. The smallest absolute Gasteiger partial charge is 0.341 e. The summed E-state index contributed by atoms with van der Waals surface area (Å²) in [4.78, 5) is 67.0. The van der Waals surface area contributed by atoms with Crippen LogP contribution in [0.5, 0.6) is 0 Å². The summed E-state index contributed by atoms with van der Waals surface area (Å²) < 4.78 is 18.5. The molecule has 270 valence electrons. The lowest BCUT2D eigenvalue weighted by Gasteiger charge is -2.16. The normalized spacial score (nSPS) is 11.6. The fraction of sp³-hybridized carbons (Fsp3) is 0.125. The third-order valence-corrected chi connectivity index (χ3v) is 10.3. The van der Waals surface area contributed by atoms with Crippen molar-refractivity contribution in [1.82, 2.24) is 5.32 Å². The third-order valence-electron chi connectivity index (χ3n) is 7.75. The van der Waals surface area contributed by atoms with Gasteiger partial charge in [0.1, 0.15) is 16.5 Å². The van der Waals surface area contributed by atoms with Crippen LogP contribution >= 0.6 is 23.1 Å². The monoisotopic (exact) mass is 750 g/mol. The molecule has 0 aliphatic heterocycles. The maximum Gasteiger partial charge on any atom is 0.341 e. The molecule has 1 unspecified atom stereocenters. The molecule has 0 fully saturated rings. The van der Waals surface area contributed by atoms with Crippen molar-refractivity contribution in [2.24, 2.45) is 0 Å². The van der Waals surface area contributed by atoms with Crippen molar-refractivity contribution < 1.29 is 33.1 Å². The summed E-state index contributed by atoms with van der Waals surface area (Å²) in [6.07, 6.45) is 1.85. The van der Waals surface area contributed by atoms with Gasteiger partial charge in [0.25, 0.3) is 17.7 Å². The lowest BCUT2D eigenvalue weighted by atomic mass is 10.1. The van der Waals surface area contributed by atoms with Crippen molar-refractivity contribution in [2.45, 2.75) is 30.4 Å². The van der Waals surface area contributed by atoms with Crippen LogP contribution in [0.1, 0.15) is 54.9 Å². The first kappa shape index (κ1) is 38.2. The zero-order valence-corrected chi connectivity index (χ0v) is 30.5. The van der Waals surface area contributed by atoms with Gasteiger partial charge >= 0.3 is 5.97 Å². The van der Waals surface area contributed by atoms with Crippen LogP contribution in [0.25, 0.3) is 6.08 Å². The number of carbonyl (C=O) groups excluding carboxylic acids is 5. The number of halogens is 1. The van der Waals surface area contributed by atoms with E-state index in [1.165, 1.54) is 49.2 Å². The Labute approximate surface area is 313 Å². The molecule has 0 spiro atoms. The zero-order valence-electron chi connectivity index (χ0n) is 28.9. The first-order valence-corrected chi connectivity index (χ1v) is 18.1. The van der Waals surface area contributed by atoms with Gasteiger partial charge in [0.15, 0.2) is 0 Å². The Bertz CT molecular complexity index is 2160. The predicted octanol–water partition coefficient (Wildman–Crippen LogP) is 8.15. The molecule has 0 saturated carbocycles. The molecule has 1 atom stereocenters. The molecule has 0 bridgehead atoms. The average molecular weight is 751 g/mol. The number of benzene rings is 4. The van der Waals surface area contributed by atoms with Gasteiger partial charge in [-0.25, -0.2) is 9.18 Å². The van der Waals surface area contributed by atoms with Crippen molar-refractivity contribution in [3.05, 3.63) is 148 Å². The molecule has 5 aromatic rings. The molecule has 4 amide bonds. The van der Waals surface area contributed by atoms with E-state index in [1.54, 1.807) is 85.8 Å². The van der Waals surface area contributed by atoms with E-state index in [4.69, 9.17) is 4.74 Å². The lowest BCUT2D eigenvalue weighted by molar-refractivity contribution is -0.116. The highest BCUT2D eigenvalue weighted by atomic mass is 32.2. The van der Waals surface area contributed by atoms with Crippen molar-refractivity contribution in [1.29, 1.82) is 0 Å². The van der Waals surface area contributed by atoms with Crippen LogP contribution in [0.15, 0.2) is 120 Å². The Morgan fingerprint density at radius 3 is 2.13 bits per heavy atom. The van der Waals surface area contributed by atoms with E-state index < -0.39 is 40.7 Å². The van der Waals surface area contributed by atoms with Crippen molar-refractivity contribution >= 4 is 75.1 Å². The fourth-order valence-corrected chi connectivity index (χ4v) is 7.17. The molecule has 1 aromatic heterocycles. The highest BCUT2D eigenvalue weighted by molar-refractivity contribution is 8.00. The van der Waals surface area contributed by atoms with Gasteiger partial charge in [-0.2, -0.15) is 0 Å². The van der Waals surface area contributed by atoms with E-state index >= 15 is 0 Å². The quantitative estimate of drug-likeness (QED) is 0.0541. The van der Waals surface area contributed by atoms with Crippen LogP contribution < -0.4 is 21.3 Å². The Kier molecular flexibility index (Phi) is 12.9. The van der Waals surface area contributed by atoms with Gasteiger partial charge in [0.05, 0.1) is 22.8 Å². The number of anilines is 3. The van der Waals surface area contributed by atoms with Gasteiger partial charge in [0.2, 0.25) is 5.91 Å². The van der Waals surface area contributed by atoms with Crippen LogP contribution in [-0.2, 0) is 14.3 Å². The first-order valence-electron chi connectivity index (χ1n) is 16.4. The maximum atomic E-state index is 13.6. The van der Waals surface area contributed by atoms with Crippen molar-refractivity contribution in [3.8, 4) is 0 Å². The molecular weight excluding hydrogens is 716 g/mol. The van der Waals surface area contributed by atoms with E-state index in [1.807, 2.05) is 13.0 Å². The van der Waals surface area contributed by atoms with Crippen LogP contribution in [0.3, 0.4) is 0 Å². The van der Waals surface area contributed by atoms with Gasteiger partial charge in [-0.1, -0.05) is 61.5 Å². The number of amides is 4. The Morgan fingerprint density at radius 2 is 1.47 bits per heavy atom. The van der Waals surface area contributed by atoms with Gasteiger partial charge in [-0.3, -0.25) is 19.2 Å². The minimum absolute atomic E-state index is 0.0706. The fourth-order valence-electron chi connectivity index (χ4n) is 5.07. The van der Waals surface area contributed by atoms with E-state index in [9.17, 15) is 28.4 Å². The number of hydrogen-bond donors (Lipinski definition) is 4. The number of nitrogens with one attached hydrogen (secondary N) is 4. The van der Waals surface area contributed by atoms with Crippen LogP contribution in [-0.4, -0.2) is 42.0 Å². The van der Waals surface area contributed by atoms with E-state index in [-0.39, 0.29) is 21.1 Å². The summed E-state index contributed by atoms with van der Waals surface area (Å²) in [5.74, 6) is -3.09. The second-order valence-electron chi connectivity index (χ2n) is 11.5. The van der Waals surface area contributed by atoms with Crippen molar-refractivity contribution in [2.75, 3.05) is 23.1 Å². The lowest BCUT2D eigenvalue weighted by Crippen LogP contribution is -2.30. The number of methoxy groups -OCH3 is 1. The minimum Gasteiger partial charge on any atom is -0.465 e. The summed E-state index contributed by atoms with van der Waals surface area (Å²) in [5, 5.41) is 10.7. The number of thiophene rings is 1. The van der Waals surface area contributed by atoms with E-state index in [0.717, 1.165) is 11.3 Å². The molecule has 10 nitrogen and oxygen atoms in total. The number of rotatable bonds is 13.